The highest BCUT2D eigenvalue weighted by Crippen LogP contribution is 2.27. The molecule has 1 saturated heterocycles. The van der Waals surface area contributed by atoms with E-state index >= 15 is 0 Å². The second kappa shape index (κ2) is 10.3. The van der Waals surface area contributed by atoms with E-state index in [1.165, 1.54) is 0 Å². The molecule has 2 aromatic rings. The third-order valence-electron chi connectivity index (χ3n) is 5.16. The van der Waals surface area contributed by atoms with E-state index < -0.39 is 0 Å². The van der Waals surface area contributed by atoms with Gasteiger partial charge in [-0.15, -0.1) is 0 Å². The van der Waals surface area contributed by atoms with Crippen molar-refractivity contribution in [2.75, 3.05) is 33.3 Å². The normalized spacial score (nSPS) is 15.2. The predicted molar refractivity (Wildman–Crippen MR) is 113 cm³/mol. The summed E-state index contributed by atoms with van der Waals surface area (Å²) in [7, 11) is 1.68. The van der Waals surface area contributed by atoms with Crippen molar-refractivity contribution in [2.45, 2.75) is 33.4 Å². The van der Waals surface area contributed by atoms with Crippen molar-refractivity contribution in [1.82, 2.24) is 14.8 Å². The maximum atomic E-state index is 12.3. The van der Waals surface area contributed by atoms with Gasteiger partial charge in [0.1, 0.15) is 18.1 Å². The Balaban J connectivity index is 1.67. The highest BCUT2D eigenvalue weighted by Gasteiger charge is 2.21. The standard InChI is InChI=1S/C23H31N3O3/c1-18(2)23(27)26-12-6-11-25(13-14-26)16-19-15-21(28-3)8-9-22(19)29-17-20-7-4-5-10-24-20/h4-5,7-10,15,18H,6,11-14,16-17H2,1-3H3. The maximum absolute atomic E-state index is 12.3. The number of pyridine rings is 1. The van der Waals surface area contributed by atoms with E-state index in [0.717, 1.165) is 61.9 Å². The van der Waals surface area contributed by atoms with Gasteiger partial charge in [0.15, 0.2) is 0 Å². The average Bonchev–Trinajstić information content (AvgIpc) is 2.98. The second-order valence-corrected chi connectivity index (χ2v) is 7.69. The Labute approximate surface area is 173 Å². The van der Waals surface area contributed by atoms with Gasteiger partial charge in [-0.1, -0.05) is 19.9 Å². The van der Waals surface area contributed by atoms with Crippen molar-refractivity contribution in [2.24, 2.45) is 5.92 Å². The summed E-state index contributed by atoms with van der Waals surface area (Å²) in [6.07, 6.45) is 2.75. The third kappa shape index (κ3) is 5.94. The van der Waals surface area contributed by atoms with Crippen LogP contribution in [-0.4, -0.2) is 54.0 Å². The lowest BCUT2D eigenvalue weighted by molar-refractivity contribution is -0.134. The quantitative estimate of drug-likeness (QED) is 0.717. The van der Waals surface area contributed by atoms with Crippen LogP contribution in [0.4, 0.5) is 0 Å². The molecule has 6 heteroatoms. The summed E-state index contributed by atoms with van der Waals surface area (Å²) < 4.78 is 11.5. The van der Waals surface area contributed by atoms with E-state index in [1.54, 1.807) is 13.3 Å². The van der Waals surface area contributed by atoms with Gasteiger partial charge in [-0.3, -0.25) is 14.7 Å². The molecule has 0 N–H and O–H groups in total. The number of hydrogen-bond acceptors (Lipinski definition) is 5. The zero-order valence-corrected chi connectivity index (χ0v) is 17.6. The number of hydrogen-bond donors (Lipinski definition) is 0. The van der Waals surface area contributed by atoms with Crippen LogP contribution in [0.15, 0.2) is 42.6 Å². The van der Waals surface area contributed by atoms with Crippen LogP contribution in [-0.2, 0) is 17.9 Å². The van der Waals surface area contributed by atoms with E-state index in [-0.39, 0.29) is 11.8 Å². The van der Waals surface area contributed by atoms with Crippen LogP contribution in [0.5, 0.6) is 11.5 Å². The molecule has 6 nitrogen and oxygen atoms in total. The predicted octanol–water partition coefficient (Wildman–Crippen LogP) is 3.36. The van der Waals surface area contributed by atoms with Crippen LogP contribution in [0.25, 0.3) is 0 Å². The summed E-state index contributed by atoms with van der Waals surface area (Å²) in [5, 5.41) is 0. The molecule has 0 unspecified atom stereocenters. The van der Waals surface area contributed by atoms with Gasteiger partial charge in [-0.2, -0.15) is 0 Å². The Morgan fingerprint density at radius 3 is 2.72 bits per heavy atom. The molecule has 0 bridgehead atoms. The molecule has 156 valence electrons. The molecule has 1 aliphatic heterocycles. The van der Waals surface area contributed by atoms with Crippen molar-refractivity contribution in [3.8, 4) is 11.5 Å². The first-order valence-electron chi connectivity index (χ1n) is 10.3. The molecule has 1 fully saturated rings. The van der Waals surface area contributed by atoms with Gasteiger partial charge in [0.2, 0.25) is 5.91 Å². The molecule has 1 aromatic heterocycles. The first kappa shape index (κ1) is 21.1. The molecule has 1 amide bonds. The molecule has 1 aromatic carbocycles. The minimum absolute atomic E-state index is 0.0477. The van der Waals surface area contributed by atoms with Crippen LogP contribution in [0.1, 0.15) is 31.5 Å². The lowest BCUT2D eigenvalue weighted by atomic mass is 10.1. The zero-order chi connectivity index (χ0) is 20.6. The fourth-order valence-electron chi connectivity index (χ4n) is 3.54. The number of aromatic nitrogens is 1. The number of rotatable bonds is 7. The van der Waals surface area contributed by atoms with Crippen molar-refractivity contribution < 1.29 is 14.3 Å². The summed E-state index contributed by atoms with van der Waals surface area (Å²) in [5.41, 5.74) is 1.98. The van der Waals surface area contributed by atoms with Gasteiger partial charge >= 0.3 is 0 Å². The monoisotopic (exact) mass is 397 g/mol. The molecular weight excluding hydrogens is 366 g/mol. The van der Waals surface area contributed by atoms with E-state index in [9.17, 15) is 4.79 Å². The molecular formula is C23H31N3O3. The topological polar surface area (TPSA) is 54.9 Å². The Kier molecular flexibility index (Phi) is 7.47. The highest BCUT2D eigenvalue weighted by atomic mass is 16.5. The lowest BCUT2D eigenvalue weighted by Gasteiger charge is -2.24. The minimum atomic E-state index is 0.0477. The van der Waals surface area contributed by atoms with Crippen LogP contribution < -0.4 is 9.47 Å². The van der Waals surface area contributed by atoms with E-state index in [0.29, 0.717) is 6.61 Å². The third-order valence-corrected chi connectivity index (χ3v) is 5.16. The Morgan fingerprint density at radius 1 is 1.14 bits per heavy atom. The molecule has 0 spiro atoms. The van der Waals surface area contributed by atoms with Crippen molar-refractivity contribution >= 4 is 5.91 Å². The smallest absolute Gasteiger partial charge is 0.225 e. The Bertz CT molecular complexity index is 795. The fraction of sp³-hybridized carbons (Fsp3) is 0.478. The van der Waals surface area contributed by atoms with Gasteiger partial charge in [-0.25, -0.2) is 0 Å². The van der Waals surface area contributed by atoms with Gasteiger partial charge in [-0.05, 0) is 36.8 Å². The van der Waals surface area contributed by atoms with Gasteiger partial charge < -0.3 is 14.4 Å². The summed E-state index contributed by atoms with van der Waals surface area (Å²) in [6.45, 7) is 8.53. The highest BCUT2D eigenvalue weighted by molar-refractivity contribution is 5.78. The number of benzene rings is 1. The van der Waals surface area contributed by atoms with Gasteiger partial charge in [0.25, 0.3) is 0 Å². The molecule has 0 aliphatic carbocycles. The maximum Gasteiger partial charge on any atom is 0.225 e. The van der Waals surface area contributed by atoms with Gasteiger partial charge in [0.05, 0.1) is 12.8 Å². The SMILES string of the molecule is COc1ccc(OCc2ccccn2)c(CN2CCCN(C(=O)C(C)C)CC2)c1. The van der Waals surface area contributed by atoms with Crippen LogP contribution in [0, 0.1) is 5.92 Å². The first-order valence-corrected chi connectivity index (χ1v) is 10.3. The number of amides is 1. The summed E-state index contributed by atoms with van der Waals surface area (Å²) in [6, 6.07) is 11.7. The molecule has 0 saturated carbocycles. The minimum Gasteiger partial charge on any atom is -0.497 e. The average molecular weight is 398 g/mol. The molecule has 0 atom stereocenters. The zero-order valence-electron chi connectivity index (χ0n) is 17.6. The largest absolute Gasteiger partial charge is 0.497 e. The van der Waals surface area contributed by atoms with Crippen LogP contribution in [0.3, 0.4) is 0 Å². The number of carbonyl (C=O) groups excluding carboxylic acids is 1. The molecule has 0 radical (unpaired) electrons. The number of carbonyl (C=O) groups is 1. The van der Waals surface area contributed by atoms with Gasteiger partial charge in [0, 0.05) is 50.4 Å². The Hall–Kier alpha value is -2.60. The summed E-state index contributed by atoms with van der Waals surface area (Å²) in [5.74, 6) is 1.95. The second-order valence-electron chi connectivity index (χ2n) is 7.69. The van der Waals surface area contributed by atoms with Crippen molar-refractivity contribution in [3.63, 3.8) is 0 Å². The number of ether oxygens (including phenoxy) is 2. The van der Waals surface area contributed by atoms with Crippen molar-refractivity contribution in [1.29, 1.82) is 0 Å². The lowest BCUT2D eigenvalue weighted by Crippen LogP contribution is -2.37. The summed E-state index contributed by atoms with van der Waals surface area (Å²) in [4.78, 5) is 21.0. The van der Waals surface area contributed by atoms with E-state index in [2.05, 4.69) is 9.88 Å². The fourth-order valence-corrected chi connectivity index (χ4v) is 3.54. The van der Waals surface area contributed by atoms with E-state index in [4.69, 9.17) is 9.47 Å². The first-order chi connectivity index (χ1) is 14.1. The number of nitrogens with zero attached hydrogens (tertiary/aromatic N) is 3. The molecule has 2 heterocycles. The molecule has 1 aliphatic rings. The van der Waals surface area contributed by atoms with Crippen molar-refractivity contribution in [3.05, 3.63) is 53.9 Å². The van der Waals surface area contributed by atoms with Crippen LogP contribution in [0.2, 0.25) is 0 Å². The van der Waals surface area contributed by atoms with Crippen LogP contribution >= 0.6 is 0 Å². The number of methoxy groups -OCH3 is 1. The summed E-state index contributed by atoms with van der Waals surface area (Å²) >= 11 is 0. The molecule has 3 rings (SSSR count). The molecule has 29 heavy (non-hydrogen) atoms. The Morgan fingerprint density at radius 2 is 2.00 bits per heavy atom. The van der Waals surface area contributed by atoms with E-state index in [1.807, 2.05) is 55.1 Å².